The molecule has 2 aliphatic heterocycles. The van der Waals surface area contributed by atoms with E-state index in [-0.39, 0.29) is 6.71 Å². The maximum absolute atomic E-state index is 2.66. The van der Waals surface area contributed by atoms with Gasteiger partial charge in [0.1, 0.15) is 0 Å². The number of fused-ring (bicyclic) bond motifs is 4. The Hall–Kier alpha value is -4.24. The smallest absolute Gasteiger partial charge is 0.252 e. The van der Waals surface area contributed by atoms with E-state index in [0.29, 0.717) is 5.41 Å². The zero-order valence-corrected chi connectivity index (χ0v) is 28.2. The lowest BCUT2D eigenvalue weighted by atomic mass is 9.32. The maximum atomic E-state index is 2.66. The predicted octanol–water partition coefficient (Wildman–Crippen LogP) is 9.47. The second-order valence-electron chi connectivity index (χ2n) is 16.0. The van der Waals surface area contributed by atoms with E-state index in [2.05, 4.69) is 135 Å². The molecule has 4 bridgehead atoms. The van der Waals surface area contributed by atoms with Crippen LogP contribution in [0.25, 0.3) is 0 Å². The first-order valence-corrected chi connectivity index (χ1v) is 18.0. The van der Waals surface area contributed by atoms with Gasteiger partial charge in [-0.3, -0.25) is 0 Å². The SMILES string of the molecule is Cc1cc(C)cc(N2c3cc(C)cc(C)c3B3c4ccc(C56CC7CC(CC(C7)C5)C6)cc4N(c4ccccc4)c4cccc2c43)c1. The molecule has 232 valence electrons. The summed E-state index contributed by atoms with van der Waals surface area (Å²) in [5, 5.41) is 0. The quantitative estimate of drug-likeness (QED) is 0.184. The zero-order valence-electron chi connectivity index (χ0n) is 28.2. The van der Waals surface area contributed by atoms with Crippen molar-refractivity contribution in [3.8, 4) is 0 Å². The molecule has 0 atom stereocenters. The van der Waals surface area contributed by atoms with Crippen LogP contribution in [-0.4, -0.2) is 6.71 Å². The predicted molar refractivity (Wildman–Crippen MR) is 199 cm³/mol. The first-order valence-electron chi connectivity index (χ1n) is 18.0. The molecular weight excluding hydrogens is 567 g/mol. The molecule has 0 unspecified atom stereocenters. The molecule has 4 fully saturated rings. The average Bonchev–Trinajstić information content (AvgIpc) is 3.03. The summed E-state index contributed by atoms with van der Waals surface area (Å²) in [5.74, 6) is 2.79. The molecule has 2 heterocycles. The van der Waals surface area contributed by atoms with Gasteiger partial charge >= 0.3 is 0 Å². The minimum atomic E-state index is 0.180. The van der Waals surface area contributed by atoms with Crippen LogP contribution in [0, 0.1) is 45.4 Å². The summed E-state index contributed by atoms with van der Waals surface area (Å²) < 4.78 is 0. The molecule has 11 rings (SSSR count). The molecule has 0 radical (unpaired) electrons. The second-order valence-corrected chi connectivity index (χ2v) is 16.0. The lowest BCUT2D eigenvalue weighted by Gasteiger charge is -2.57. The van der Waals surface area contributed by atoms with Crippen molar-refractivity contribution in [1.82, 2.24) is 0 Å². The normalized spacial score (nSPS) is 24.7. The first-order chi connectivity index (χ1) is 22.8. The Morgan fingerprint density at radius 2 is 1.15 bits per heavy atom. The average molecular weight is 611 g/mol. The van der Waals surface area contributed by atoms with Crippen LogP contribution in [0.2, 0.25) is 0 Å². The summed E-state index contributed by atoms with van der Waals surface area (Å²) >= 11 is 0. The molecule has 3 heteroatoms. The third-order valence-electron chi connectivity index (χ3n) is 12.6. The Bertz CT molecular complexity index is 2040. The molecule has 0 spiro atoms. The van der Waals surface area contributed by atoms with Crippen molar-refractivity contribution in [2.45, 2.75) is 71.6 Å². The van der Waals surface area contributed by atoms with Gasteiger partial charge in [0.05, 0.1) is 0 Å². The van der Waals surface area contributed by atoms with Gasteiger partial charge in [-0.1, -0.05) is 54.1 Å². The van der Waals surface area contributed by atoms with Gasteiger partial charge in [-0.25, -0.2) is 0 Å². The van der Waals surface area contributed by atoms with Gasteiger partial charge in [0.2, 0.25) is 0 Å². The summed E-state index contributed by atoms with van der Waals surface area (Å²) in [6.07, 6.45) is 8.60. The molecule has 0 amide bonds. The van der Waals surface area contributed by atoms with Crippen LogP contribution < -0.4 is 26.2 Å². The summed E-state index contributed by atoms with van der Waals surface area (Å²) in [5.41, 5.74) is 19.4. The number of para-hydroxylation sites is 1. The minimum Gasteiger partial charge on any atom is -0.311 e. The van der Waals surface area contributed by atoms with E-state index < -0.39 is 0 Å². The molecule has 6 aliphatic rings. The number of nitrogens with zero attached hydrogens (tertiary/aromatic N) is 2. The van der Waals surface area contributed by atoms with E-state index in [1.807, 2.05) is 0 Å². The van der Waals surface area contributed by atoms with Crippen molar-refractivity contribution < 1.29 is 0 Å². The number of aryl methyl sites for hydroxylation is 4. The largest absolute Gasteiger partial charge is 0.311 e. The minimum absolute atomic E-state index is 0.180. The molecule has 0 aromatic heterocycles. The molecule has 5 aromatic rings. The van der Waals surface area contributed by atoms with Crippen LogP contribution in [0.15, 0.2) is 97.1 Å². The van der Waals surface area contributed by atoms with Gasteiger partial charge in [-0.05, 0) is 177 Å². The Balaban J connectivity index is 1.25. The topological polar surface area (TPSA) is 6.48 Å². The van der Waals surface area contributed by atoms with Crippen molar-refractivity contribution in [2.24, 2.45) is 17.8 Å². The van der Waals surface area contributed by atoms with Gasteiger partial charge < -0.3 is 9.80 Å². The zero-order chi connectivity index (χ0) is 31.6. The van der Waals surface area contributed by atoms with Gasteiger partial charge in [0.15, 0.2) is 0 Å². The highest BCUT2D eigenvalue weighted by Crippen LogP contribution is 2.61. The van der Waals surface area contributed by atoms with Gasteiger partial charge in [0, 0.05) is 34.1 Å². The van der Waals surface area contributed by atoms with Gasteiger partial charge in [-0.2, -0.15) is 0 Å². The third kappa shape index (κ3) is 4.05. The van der Waals surface area contributed by atoms with E-state index in [4.69, 9.17) is 0 Å². The number of anilines is 6. The first kappa shape index (κ1) is 27.8. The molecular formula is C44H43BN2. The molecule has 4 aliphatic carbocycles. The van der Waals surface area contributed by atoms with Crippen molar-refractivity contribution in [3.63, 3.8) is 0 Å². The van der Waals surface area contributed by atoms with Crippen molar-refractivity contribution in [2.75, 3.05) is 9.80 Å². The Labute approximate surface area is 280 Å². The Morgan fingerprint density at radius 1 is 0.532 bits per heavy atom. The van der Waals surface area contributed by atoms with Crippen molar-refractivity contribution >= 4 is 57.2 Å². The molecule has 47 heavy (non-hydrogen) atoms. The fraction of sp³-hybridized carbons (Fsp3) is 0.318. The fourth-order valence-corrected chi connectivity index (χ4v) is 11.4. The molecule has 0 N–H and O–H groups in total. The van der Waals surface area contributed by atoms with E-state index in [9.17, 15) is 0 Å². The van der Waals surface area contributed by atoms with Crippen molar-refractivity contribution in [3.05, 3.63) is 125 Å². The number of benzene rings is 5. The van der Waals surface area contributed by atoms with Crippen LogP contribution in [-0.2, 0) is 5.41 Å². The fourth-order valence-electron chi connectivity index (χ4n) is 11.4. The number of rotatable bonds is 3. The summed E-state index contributed by atoms with van der Waals surface area (Å²) in [6, 6.07) is 37.8. The van der Waals surface area contributed by atoms with E-state index >= 15 is 0 Å². The van der Waals surface area contributed by atoms with Crippen LogP contribution in [0.1, 0.15) is 66.3 Å². The lowest BCUT2D eigenvalue weighted by Crippen LogP contribution is -2.62. The monoisotopic (exact) mass is 610 g/mol. The molecule has 4 saturated carbocycles. The number of hydrogen-bond donors (Lipinski definition) is 0. The molecule has 5 aromatic carbocycles. The van der Waals surface area contributed by atoms with Crippen LogP contribution in [0.4, 0.5) is 34.1 Å². The Kier molecular flexibility index (Phi) is 5.86. The number of hydrogen-bond acceptors (Lipinski definition) is 2. The van der Waals surface area contributed by atoms with Gasteiger partial charge in [0.25, 0.3) is 6.71 Å². The Morgan fingerprint density at radius 3 is 1.81 bits per heavy atom. The van der Waals surface area contributed by atoms with E-state index in [1.165, 1.54) is 111 Å². The van der Waals surface area contributed by atoms with Gasteiger partial charge in [-0.15, -0.1) is 0 Å². The summed E-state index contributed by atoms with van der Waals surface area (Å²) in [6.45, 7) is 9.22. The maximum Gasteiger partial charge on any atom is 0.252 e. The highest BCUT2D eigenvalue weighted by molar-refractivity contribution is 7.00. The summed E-state index contributed by atoms with van der Waals surface area (Å²) in [7, 11) is 0. The van der Waals surface area contributed by atoms with E-state index in [0.717, 1.165) is 17.8 Å². The van der Waals surface area contributed by atoms with Crippen LogP contribution in [0.3, 0.4) is 0 Å². The highest BCUT2D eigenvalue weighted by Gasteiger charge is 2.52. The van der Waals surface area contributed by atoms with E-state index in [1.54, 1.807) is 5.56 Å². The second kappa shape index (κ2) is 9.89. The van der Waals surface area contributed by atoms with Crippen LogP contribution >= 0.6 is 0 Å². The van der Waals surface area contributed by atoms with Crippen molar-refractivity contribution in [1.29, 1.82) is 0 Å². The van der Waals surface area contributed by atoms with Crippen LogP contribution in [0.5, 0.6) is 0 Å². The lowest BCUT2D eigenvalue weighted by molar-refractivity contribution is -0.00516. The molecule has 2 nitrogen and oxygen atoms in total. The highest BCUT2D eigenvalue weighted by atomic mass is 15.2. The third-order valence-corrected chi connectivity index (χ3v) is 12.6. The molecule has 0 saturated heterocycles. The summed E-state index contributed by atoms with van der Waals surface area (Å²) in [4.78, 5) is 5.16. The standard InChI is InChI=1S/C44H43BN2/c1-27-15-28(2)18-36(17-27)47-39-12-8-11-38-43(39)45(42-30(4)16-29(3)19-41(42)47)37-14-13-34(23-40(37)46(38)35-9-6-5-7-10-35)44-24-31-20-32(25-44)22-33(21-31)26-44/h5-19,23,31-33H,20-22,24-26H2,1-4H3.